The zero-order chi connectivity index (χ0) is 11.7. The van der Waals surface area contributed by atoms with Crippen LogP contribution in [0.25, 0.3) is 0 Å². The summed E-state index contributed by atoms with van der Waals surface area (Å²) in [6, 6.07) is 4.62. The summed E-state index contributed by atoms with van der Waals surface area (Å²) < 4.78 is 6.48. The normalized spacial score (nSPS) is 28.5. The van der Waals surface area contributed by atoms with E-state index in [2.05, 4.69) is 32.3 Å². The van der Waals surface area contributed by atoms with Gasteiger partial charge in [-0.25, -0.2) is 4.98 Å². The molecule has 2 heterocycles. The van der Waals surface area contributed by atoms with Crippen LogP contribution >= 0.6 is 15.9 Å². The first kappa shape index (κ1) is 11.6. The molecule has 4 heteroatoms. The highest BCUT2D eigenvalue weighted by Crippen LogP contribution is 2.40. The SMILES string of the molecule is Brc1ccc(CNC2COCC2C2CC2)cn1. The smallest absolute Gasteiger partial charge is 0.106 e. The van der Waals surface area contributed by atoms with E-state index in [0.717, 1.165) is 36.2 Å². The number of nitrogens with zero attached hydrogens (tertiary/aromatic N) is 1. The first-order valence-electron chi connectivity index (χ1n) is 6.24. The predicted octanol–water partition coefficient (Wildman–Crippen LogP) is 2.36. The van der Waals surface area contributed by atoms with E-state index >= 15 is 0 Å². The van der Waals surface area contributed by atoms with E-state index in [1.54, 1.807) is 0 Å². The molecule has 3 nitrogen and oxygen atoms in total. The molecule has 2 aliphatic rings. The molecule has 0 aromatic carbocycles. The number of nitrogens with one attached hydrogen (secondary N) is 1. The summed E-state index contributed by atoms with van der Waals surface area (Å²) in [7, 11) is 0. The van der Waals surface area contributed by atoms with Crippen LogP contribution in [0, 0.1) is 11.8 Å². The van der Waals surface area contributed by atoms with Crippen molar-refractivity contribution in [3.05, 3.63) is 28.5 Å². The van der Waals surface area contributed by atoms with Gasteiger partial charge in [0.15, 0.2) is 0 Å². The number of halogens is 1. The lowest BCUT2D eigenvalue weighted by Crippen LogP contribution is -2.36. The standard InChI is InChI=1S/C13H17BrN2O/c14-13-4-1-9(6-16-13)5-15-12-8-17-7-11(12)10-2-3-10/h1,4,6,10-12,15H,2-3,5,7-8H2. The maximum absolute atomic E-state index is 5.59. The van der Waals surface area contributed by atoms with Crippen LogP contribution in [0.4, 0.5) is 0 Å². The molecule has 0 bridgehead atoms. The Morgan fingerprint density at radius 3 is 2.94 bits per heavy atom. The van der Waals surface area contributed by atoms with E-state index in [0.29, 0.717) is 6.04 Å². The van der Waals surface area contributed by atoms with Crippen molar-refractivity contribution in [1.82, 2.24) is 10.3 Å². The molecule has 1 aromatic rings. The molecule has 17 heavy (non-hydrogen) atoms. The predicted molar refractivity (Wildman–Crippen MR) is 69.6 cm³/mol. The summed E-state index contributed by atoms with van der Waals surface area (Å²) in [6.07, 6.45) is 4.71. The van der Waals surface area contributed by atoms with Gasteiger partial charge in [-0.3, -0.25) is 0 Å². The van der Waals surface area contributed by atoms with E-state index < -0.39 is 0 Å². The van der Waals surface area contributed by atoms with Crippen LogP contribution in [0.5, 0.6) is 0 Å². The third-order valence-corrected chi connectivity index (χ3v) is 4.18. The Bertz CT molecular complexity index is 378. The third-order valence-electron chi connectivity index (χ3n) is 3.71. The Hall–Kier alpha value is -0.450. The summed E-state index contributed by atoms with van der Waals surface area (Å²) in [5.74, 6) is 1.65. The highest BCUT2D eigenvalue weighted by Gasteiger charge is 2.39. The molecule has 2 atom stereocenters. The molecule has 0 amide bonds. The Balaban J connectivity index is 1.54. The highest BCUT2D eigenvalue weighted by atomic mass is 79.9. The van der Waals surface area contributed by atoms with Gasteiger partial charge >= 0.3 is 0 Å². The van der Waals surface area contributed by atoms with Crippen molar-refractivity contribution >= 4 is 15.9 Å². The molecular formula is C13H17BrN2O. The van der Waals surface area contributed by atoms with Gasteiger partial charge in [-0.05, 0) is 46.3 Å². The Morgan fingerprint density at radius 1 is 1.35 bits per heavy atom. The van der Waals surface area contributed by atoms with E-state index in [1.807, 2.05) is 12.3 Å². The number of hydrogen-bond donors (Lipinski definition) is 1. The fraction of sp³-hybridized carbons (Fsp3) is 0.615. The van der Waals surface area contributed by atoms with Gasteiger partial charge < -0.3 is 10.1 Å². The zero-order valence-corrected chi connectivity index (χ0v) is 11.3. The fourth-order valence-corrected chi connectivity index (χ4v) is 2.76. The minimum Gasteiger partial charge on any atom is -0.379 e. The van der Waals surface area contributed by atoms with Gasteiger partial charge in [0.1, 0.15) is 4.60 Å². The van der Waals surface area contributed by atoms with Crippen molar-refractivity contribution in [3.63, 3.8) is 0 Å². The molecule has 1 aliphatic carbocycles. The van der Waals surface area contributed by atoms with E-state index in [9.17, 15) is 0 Å². The average molecular weight is 297 g/mol. The van der Waals surface area contributed by atoms with Crippen LogP contribution in [-0.4, -0.2) is 24.2 Å². The number of ether oxygens (including phenoxy) is 1. The van der Waals surface area contributed by atoms with Crippen LogP contribution < -0.4 is 5.32 Å². The van der Waals surface area contributed by atoms with Gasteiger partial charge in [0, 0.05) is 24.7 Å². The molecule has 92 valence electrons. The monoisotopic (exact) mass is 296 g/mol. The van der Waals surface area contributed by atoms with Crippen molar-refractivity contribution in [1.29, 1.82) is 0 Å². The molecule has 0 spiro atoms. The summed E-state index contributed by atoms with van der Waals surface area (Å²) in [6.45, 7) is 2.70. The lowest BCUT2D eigenvalue weighted by atomic mass is 9.98. The van der Waals surface area contributed by atoms with Gasteiger partial charge in [0.2, 0.25) is 0 Å². The van der Waals surface area contributed by atoms with E-state index in [4.69, 9.17) is 4.74 Å². The molecule has 3 rings (SSSR count). The molecule has 2 fully saturated rings. The maximum Gasteiger partial charge on any atom is 0.106 e. The molecule has 1 N–H and O–H groups in total. The first-order valence-corrected chi connectivity index (χ1v) is 7.04. The Kier molecular flexibility index (Phi) is 3.45. The Labute approximate surface area is 110 Å². The quantitative estimate of drug-likeness (QED) is 0.866. The van der Waals surface area contributed by atoms with Crippen LogP contribution in [0.3, 0.4) is 0 Å². The molecular weight excluding hydrogens is 280 g/mol. The molecule has 1 saturated heterocycles. The van der Waals surface area contributed by atoms with Crippen molar-refractivity contribution < 1.29 is 4.74 Å². The molecule has 2 unspecified atom stereocenters. The van der Waals surface area contributed by atoms with Gasteiger partial charge in [-0.15, -0.1) is 0 Å². The number of rotatable bonds is 4. The maximum atomic E-state index is 5.59. The average Bonchev–Trinajstić information content (AvgIpc) is 3.08. The largest absolute Gasteiger partial charge is 0.379 e. The number of pyridine rings is 1. The third kappa shape index (κ3) is 2.87. The van der Waals surface area contributed by atoms with Crippen LogP contribution in [0.1, 0.15) is 18.4 Å². The van der Waals surface area contributed by atoms with Crippen molar-refractivity contribution in [2.45, 2.75) is 25.4 Å². The van der Waals surface area contributed by atoms with Gasteiger partial charge in [-0.2, -0.15) is 0 Å². The molecule has 1 aromatic heterocycles. The van der Waals surface area contributed by atoms with Crippen LogP contribution in [0.2, 0.25) is 0 Å². The van der Waals surface area contributed by atoms with Crippen molar-refractivity contribution in [2.24, 2.45) is 11.8 Å². The molecule has 1 saturated carbocycles. The van der Waals surface area contributed by atoms with Gasteiger partial charge in [0.25, 0.3) is 0 Å². The Morgan fingerprint density at radius 2 is 2.24 bits per heavy atom. The topological polar surface area (TPSA) is 34.1 Å². The summed E-state index contributed by atoms with van der Waals surface area (Å²) in [5.41, 5.74) is 1.23. The highest BCUT2D eigenvalue weighted by molar-refractivity contribution is 9.10. The van der Waals surface area contributed by atoms with Gasteiger partial charge in [0.05, 0.1) is 13.2 Å². The lowest BCUT2D eigenvalue weighted by molar-refractivity contribution is 0.180. The first-order chi connectivity index (χ1) is 8.33. The molecule has 1 aliphatic heterocycles. The number of hydrogen-bond acceptors (Lipinski definition) is 3. The van der Waals surface area contributed by atoms with E-state index in [1.165, 1.54) is 18.4 Å². The summed E-state index contributed by atoms with van der Waals surface area (Å²) in [5, 5.41) is 3.61. The second-order valence-corrected chi connectivity index (χ2v) is 5.83. The minimum absolute atomic E-state index is 0.533. The second kappa shape index (κ2) is 5.04. The van der Waals surface area contributed by atoms with Crippen LogP contribution in [0.15, 0.2) is 22.9 Å². The summed E-state index contributed by atoms with van der Waals surface area (Å²) in [4.78, 5) is 4.24. The lowest BCUT2D eigenvalue weighted by Gasteiger charge is -2.18. The molecule has 0 radical (unpaired) electrons. The summed E-state index contributed by atoms with van der Waals surface area (Å²) >= 11 is 3.35. The zero-order valence-electron chi connectivity index (χ0n) is 9.73. The van der Waals surface area contributed by atoms with Crippen molar-refractivity contribution in [3.8, 4) is 0 Å². The fourth-order valence-electron chi connectivity index (χ4n) is 2.53. The number of aromatic nitrogens is 1. The van der Waals surface area contributed by atoms with Crippen molar-refractivity contribution in [2.75, 3.05) is 13.2 Å². The van der Waals surface area contributed by atoms with Gasteiger partial charge in [-0.1, -0.05) is 6.07 Å². The second-order valence-electron chi connectivity index (χ2n) is 5.02. The minimum atomic E-state index is 0.533. The van der Waals surface area contributed by atoms with E-state index in [-0.39, 0.29) is 0 Å². The van der Waals surface area contributed by atoms with Crippen LogP contribution in [-0.2, 0) is 11.3 Å².